The number of halogens is 3. The average molecular weight is 318 g/mol. The maximum absolute atomic E-state index is 13.3. The van der Waals surface area contributed by atoms with Crippen LogP contribution in [0.5, 0.6) is 0 Å². The summed E-state index contributed by atoms with van der Waals surface area (Å²) in [6.07, 6.45) is -3.93. The van der Waals surface area contributed by atoms with E-state index in [-0.39, 0.29) is 6.42 Å². The Bertz CT molecular complexity index is 579. The monoisotopic (exact) mass is 318 g/mol. The second-order valence-corrected chi connectivity index (χ2v) is 5.11. The van der Waals surface area contributed by atoms with Crippen molar-refractivity contribution in [3.05, 3.63) is 18.2 Å². The third-order valence-corrected chi connectivity index (χ3v) is 3.51. The van der Waals surface area contributed by atoms with E-state index < -0.39 is 36.0 Å². The smallest absolute Gasteiger partial charge is 0.374 e. The predicted octanol–water partition coefficient (Wildman–Crippen LogP) is 1.32. The van der Waals surface area contributed by atoms with Crippen LogP contribution in [0.25, 0.3) is 0 Å². The Hall–Kier alpha value is -2.08. The maximum atomic E-state index is 13.3. The van der Waals surface area contributed by atoms with E-state index in [9.17, 15) is 23.1 Å². The van der Waals surface area contributed by atoms with E-state index in [1.165, 1.54) is 27.2 Å². The molecule has 0 aliphatic heterocycles. The number of aromatic nitrogens is 2. The van der Waals surface area contributed by atoms with E-state index in [1.807, 2.05) is 6.07 Å². The minimum Gasteiger partial charge on any atom is -0.374 e. The molecule has 0 aliphatic rings. The number of hydrogen-bond acceptors (Lipinski definition) is 4. The van der Waals surface area contributed by atoms with Gasteiger partial charge in [0, 0.05) is 32.5 Å². The minimum absolute atomic E-state index is 0.0188. The van der Waals surface area contributed by atoms with Gasteiger partial charge in [-0.3, -0.25) is 4.79 Å². The molecule has 22 heavy (non-hydrogen) atoms. The number of hydrogen-bond donors (Lipinski definition) is 1. The third-order valence-electron chi connectivity index (χ3n) is 3.51. The van der Waals surface area contributed by atoms with Crippen LogP contribution in [-0.4, -0.2) is 44.7 Å². The fourth-order valence-corrected chi connectivity index (χ4v) is 1.93. The molecule has 0 saturated heterocycles. The van der Waals surface area contributed by atoms with E-state index in [1.54, 1.807) is 0 Å². The lowest BCUT2D eigenvalue weighted by Gasteiger charge is -2.32. The van der Waals surface area contributed by atoms with E-state index >= 15 is 0 Å². The van der Waals surface area contributed by atoms with E-state index in [0.29, 0.717) is 0 Å². The van der Waals surface area contributed by atoms with Gasteiger partial charge >= 0.3 is 6.18 Å². The standard InChI is InChI=1S/C13H17F3N4O2/c1-9(4-5-17)20(3)10(21)8-12(22,13(14,15)16)11-18-6-7-19(11)2/h6-7,9,22H,4,8H2,1-3H3. The summed E-state index contributed by atoms with van der Waals surface area (Å²) in [4.78, 5) is 16.6. The molecular weight excluding hydrogens is 301 g/mol. The molecule has 0 aliphatic carbocycles. The molecule has 0 spiro atoms. The third kappa shape index (κ3) is 3.39. The molecule has 6 nitrogen and oxygen atoms in total. The van der Waals surface area contributed by atoms with Crippen molar-refractivity contribution in [2.24, 2.45) is 7.05 Å². The van der Waals surface area contributed by atoms with Crippen molar-refractivity contribution in [2.45, 2.75) is 37.6 Å². The highest BCUT2D eigenvalue weighted by molar-refractivity contribution is 5.77. The fourth-order valence-electron chi connectivity index (χ4n) is 1.93. The zero-order chi connectivity index (χ0) is 17.1. The van der Waals surface area contributed by atoms with Crippen molar-refractivity contribution in [1.29, 1.82) is 5.26 Å². The summed E-state index contributed by atoms with van der Waals surface area (Å²) >= 11 is 0. The van der Waals surface area contributed by atoms with Gasteiger partial charge in [-0.05, 0) is 6.92 Å². The number of carbonyl (C=O) groups excluding carboxylic acids is 1. The Labute approximate surface area is 125 Å². The minimum atomic E-state index is -5.07. The Balaban J connectivity index is 3.10. The molecule has 0 bridgehead atoms. The molecule has 1 amide bonds. The van der Waals surface area contributed by atoms with Crippen LogP contribution in [0.2, 0.25) is 0 Å². The number of aliphatic hydroxyl groups is 1. The number of nitrogens with zero attached hydrogens (tertiary/aromatic N) is 4. The highest BCUT2D eigenvalue weighted by Gasteiger charge is 2.59. The normalized spacial score (nSPS) is 15.7. The summed E-state index contributed by atoms with van der Waals surface area (Å²) in [7, 11) is 2.59. The van der Waals surface area contributed by atoms with Gasteiger partial charge in [-0.15, -0.1) is 0 Å². The molecule has 0 fully saturated rings. The number of aryl methyl sites for hydroxylation is 1. The van der Waals surface area contributed by atoms with Crippen LogP contribution < -0.4 is 0 Å². The maximum Gasteiger partial charge on any atom is 0.425 e. The van der Waals surface area contributed by atoms with Crippen molar-refractivity contribution in [1.82, 2.24) is 14.5 Å². The van der Waals surface area contributed by atoms with Crippen molar-refractivity contribution < 1.29 is 23.1 Å². The number of carbonyl (C=O) groups is 1. The Morgan fingerprint density at radius 3 is 2.59 bits per heavy atom. The molecule has 2 atom stereocenters. The van der Waals surface area contributed by atoms with Gasteiger partial charge < -0.3 is 14.6 Å². The van der Waals surface area contributed by atoms with Crippen LogP contribution >= 0.6 is 0 Å². The summed E-state index contributed by atoms with van der Waals surface area (Å²) in [6, 6.07) is 1.28. The summed E-state index contributed by atoms with van der Waals surface area (Å²) < 4.78 is 40.9. The van der Waals surface area contributed by atoms with Gasteiger partial charge in [0.1, 0.15) is 0 Å². The Morgan fingerprint density at radius 2 is 2.18 bits per heavy atom. The molecule has 2 unspecified atom stereocenters. The van der Waals surface area contributed by atoms with Crippen LogP contribution in [0.3, 0.4) is 0 Å². The lowest BCUT2D eigenvalue weighted by atomic mass is 9.96. The number of amides is 1. The molecule has 1 N–H and O–H groups in total. The Morgan fingerprint density at radius 1 is 1.59 bits per heavy atom. The van der Waals surface area contributed by atoms with E-state index in [0.717, 1.165) is 15.7 Å². The van der Waals surface area contributed by atoms with E-state index in [2.05, 4.69) is 4.98 Å². The van der Waals surface area contributed by atoms with Crippen LogP contribution in [0.4, 0.5) is 13.2 Å². The summed E-state index contributed by atoms with van der Waals surface area (Å²) in [5, 5.41) is 18.7. The van der Waals surface area contributed by atoms with Gasteiger partial charge in [-0.25, -0.2) is 4.98 Å². The number of rotatable bonds is 5. The highest BCUT2D eigenvalue weighted by atomic mass is 19.4. The second kappa shape index (κ2) is 6.36. The van der Waals surface area contributed by atoms with Gasteiger partial charge in [0.15, 0.2) is 5.82 Å². The molecule has 1 aromatic heterocycles. The average Bonchev–Trinajstić information content (AvgIpc) is 2.83. The molecule has 0 saturated carbocycles. The molecule has 0 radical (unpaired) electrons. The van der Waals surface area contributed by atoms with E-state index in [4.69, 9.17) is 5.26 Å². The van der Waals surface area contributed by atoms with Gasteiger partial charge in [-0.2, -0.15) is 18.4 Å². The first-order chi connectivity index (χ1) is 10.0. The molecule has 1 aromatic rings. The van der Waals surface area contributed by atoms with Crippen LogP contribution in [-0.2, 0) is 17.4 Å². The zero-order valence-electron chi connectivity index (χ0n) is 12.4. The number of nitriles is 1. The molecule has 122 valence electrons. The van der Waals surface area contributed by atoms with Gasteiger partial charge in [0.05, 0.1) is 18.9 Å². The van der Waals surface area contributed by atoms with Crippen molar-refractivity contribution in [3.8, 4) is 6.07 Å². The predicted molar refractivity (Wildman–Crippen MR) is 70.2 cm³/mol. The number of alkyl halides is 3. The molecule has 0 aromatic carbocycles. The largest absolute Gasteiger partial charge is 0.425 e. The van der Waals surface area contributed by atoms with Crippen LogP contribution in [0.15, 0.2) is 12.4 Å². The quantitative estimate of drug-likeness (QED) is 0.888. The summed E-state index contributed by atoms with van der Waals surface area (Å²) in [5.41, 5.74) is -3.39. The first kappa shape index (κ1) is 18.0. The van der Waals surface area contributed by atoms with Gasteiger partial charge in [0.25, 0.3) is 0 Å². The van der Waals surface area contributed by atoms with Crippen molar-refractivity contribution in [3.63, 3.8) is 0 Å². The molecule has 1 heterocycles. The summed E-state index contributed by atoms with van der Waals surface area (Å²) in [6.45, 7) is 1.54. The first-order valence-corrected chi connectivity index (χ1v) is 6.44. The lowest BCUT2D eigenvalue weighted by molar-refractivity contribution is -0.272. The first-order valence-electron chi connectivity index (χ1n) is 6.44. The van der Waals surface area contributed by atoms with Crippen molar-refractivity contribution in [2.75, 3.05) is 7.05 Å². The summed E-state index contributed by atoms with van der Waals surface area (Å²) in [5.74, 6) is -1.58. The topological polar surface area (TPSA) is 82.2 Å². The SMILES string of the molecule is CC(CC#N)N(C)C(=O)CC(O)(c1nccn1C)C(F)(F)F. The Kier molecular flexibility index (Phi) is 5.19. The van der Waals surface area contributed by atoms with Crippen LogP contribution in [0.1, 0.15) is 25.6 Å². The second-order valence-electron chi connectivity index (χ2n) is 5.11. The van der Waals surface area contributed by atoms with Crippen molar-refractivity contribution >= 4 is 5.91 Å². The molecular formula is C13H17F3N4O2. The van der Waals surface area contributed by atoms with Gasteiger partial charge in [0.2, 0.25) is 11.5 Å². The highest BCUT2D eigenvalue weighted by Crippen LogP contribution is 2.41. The van der Waals surface area contributed by atoms with Crippen LogP contribution in [0, 0.1) is 11.3 Å². The molecule has 1 rings (SSSR count). The zero-order valence-corrected chi connectivity index (χ0v) is 12.4. The number of imidazole rings is 1. The molecule has 9 heteroatoms. The van der Waals surface area contributed by atoms with Gasteiger partial charge in [-0.1, -0.05) is 0 Å². The lowest BCUT2D eigenvalue weighted by Crippen LogP contribution is -2.49. The fraction of sp³-hybridized carbons (Fsp3) is 0.615.